The third-order valence-electron chi connectivity index (χ3n) is 3.45. The molecule has 8 heteroatoms. The van der Waals surface area contributed by atoms with Crippen LogP contribution in [0.5, 0.6) is 0 Å². The number of amides is 1. The first-order valence-electron chi connectivity index (χ1n) is 8.39. The normalized spacial score (nSPS) is 10.3. The number of hydrogen-bond donors (Lipinski definition) is 3. The van der Waals surface area contributed by atoms with E-state index in [0.29, 0.717) is 23.2 Å². The van der Waals surface area contributed by atoms with Crippen LogP contribution in [-0.2, 0) is 11.2 Å². The fourth-order valence-corrected chi connectivity index (χ4v) is 2.24. The van der Waals surface area contributed by atoms with Crippen molar-refractivity contribution < 1.29 is 9.32 Å². The molecule has 0 aliphatic carbocycles. The smallest absolute Gasteiger partial charge is 0.238 e. The highest BCUT2D eigenvalue weighted by Crippen LogP contribution is 2.15. The summed E-state index contributed by atoms with van der Waals surface area (Å²) in [4.78, 5) is 16.1. The van der Waals surface area contributed by atoms with Crippen LogP contribution >= 0.6 is 12.2 Å². The van der Waals surface area contributed by atoms with Crippen molar-refractivity contribution in [1.29, 1.82) is 0 Å². The Hall–Kier alpha value is -2.48. The van der Waals surface area contributed by atoms with E-state index in [0.717, 1.165) is 31.4 Å². The maximum Gasteiger partial charge on any atom is 0.238 e. The molecular weight excluding hydrogens is 338 g/mol. The summed E-state index contributed by atoms with van der Waals surface area (Å²) < 4.78 is 5.17. The topological polar surface area (TPSA) is 92.1 Å². The molecule has 0 bridgehead atoms. The summed E-state index contributed by atoms with van der Waals surface area (Å²) in [5.41, 5.74) is 6.11. The molecule has 0 unspecified atom stereocenters. The number of hydrogen-bond acceptors (Lipinski definition) is 5. The number of nitrogens with zero attached hydrogens (tertiary/aromatic N) is 2. The summed E-state index contributed by atoms with van der Waals surface area (Å²) in [6.07, 6.45) is 3.94. The second kappa shape index (κ2) is 10.4. The number of carbonyl (C=O) groups is 1. The summed E-state index contributed by atoms with van der Waals surface area (Å²) in [6.45, 7) is 2.93. The molecule has 0 radical (unpaired) electrons. The van der Waals surface area contributed by atoms with Gasteiger partial charge in [-0.3, -0.25) is 15.6 Å². The first kappa shape index (κ1) is 18.9. The zero-order valence-corrected chi connectivity index (χ0v) is 15.1. The summed E-state index contributed by atoms with van der Waals surface area (Å²) in [7, 11) is 0. The van der Waals surface area contributed by atoms with Crippen molar-refractivity contribution in [2.75, 3.05) is 6.54 Å². The highest BCUT2D eigenvalue weighted by Gasteiger charge is 2.10. The number of carbonyl (C=O) groups excluding carboxylic acids is 1. The molecule has 1 aromatic heterocycles. The molecule has 0 atom stereocenters. The third kappa shape index (κ3) is 6.88. The maximum atomic E-state index is 11.8. The van der Waals surface area contributed by atoms with Crippen LogP contribution in [0.2, 0.25) is 0 Å². The minimum absolute atomic E-state index is 0.197. The Labute approximate surface area is 152 Å². The molecule has 0 spiro atoms. The number of unbranched alkanes of at least 4 members (excludes halogenated alkanes) is 2. The average molecular weight is 361 g/mol. The van der Waals surface area contributed by atoms with Crippen LogP contribution in [0, 0.1) is 0 Å². The molecule has 1 amide bonds. The van der Waals surface area contributed by atoms with Crippen molar-refractivity contribution in [3.8, 4) is 11.4 Å². The third-order valence-corrected chi connectivity index (χ3v) is 3.69. The Morgan fingerprint density at radius 1 is 1.20 bits per heavy atom. The predicted molar refractivity (Wildman–Crippen MR) is 99.5 cm³/mol. The highest BCUT2D eigenvalue weighted by atomic mass is 32.1. The second-order valence-electron chi connectivity index (χ2n) is 5.51. The largest absolute Gasteiger partial charge is 0.361 e. The van der Waals surface area contributed by atoms with Crippen molar-refractivity contribution in [3.05, 3.63) is 36.2 Å². The van der Waals surface area contributed by atoms with Gasteiger partial charge in [-0.1, -0.05) is 55.3 Å². The highest BCUT2D eigenvalue weighted by molar-refractivity contribution is 7.80. The number of benzene rings is 1. The van der Waals surface area contributed by atoms with E-state index < -0.39 is 0 Å². The van der Waals surface area contributed by atoms with Crippen molar-refractivity contribution in [2.24, 2.45) is 0 Å². The Morgan fingerprint density at radius 3 is 2.76 bits per heavy atom. The van der Waals surface area contributed by atoms with Gasteiger partial charge in [-0.2, -0.15) is 4.98 Å². The fraction of sp³-hybridized carbons (Fsp3) is 0.412. The molecular formula is C17H23N5O2S. The molecule has 0 saturated carbocycles. The van der Waals surface area contributed by atoms with Crippen molar-refractivity contribution in [2.45, 2.75) is 39.0 Å². The summed E-state index contributed by atoms with van der Waals surface area (Å²) in [5.74, 6) is 0.748. The Bertz CT molecular complexity index is 675. The minimum atomic E-state index is -0.197. The van der Waals surface area contributed by atoms with E-state index in [1.165, 1.54) is 0 Å². The number of rotatable bonds is 8. The van der Waals surface area contributed by atoms with Gasteiger partial charge >= 0.3 is 0 Å². The molecule has 134 valence electrons. The lowest BCUT2D eigenvalue weighted by atomic mass is 10.2. The summed E-state index contributed by atoms with van der Waals surface area (Å²) in [5, 5.41) is 7.37. The number of nitrogens with one attached hydrogen (secondary N) is 3. The number of thiocarbonyl (C=S) groups is 1. The Kier molecular flexibility index (Phi) is 7.84. The SMILES string of the molecule is CCCCCNC(=S)NNC(=O)CCc1nc(-c2ccccc2)no1. The van der Waals surface area contributed by atoms with Gasteiger partial charge < -0.3 is 9.84 Å². The van der Waals surface area contributed by atoms with Crippen molar-refractivity contribution >= 4 is 23.2 Å². The first-order chi connectivity index (χ1) is 12.2. The average Bonchev–Trinajstić information content (AvgIpc) is 3.11. The van der Waals surface area contributed by atoms with E-state index in [1.807, 2.05) is 30.3 Å². The second-order valence-corrected chi connectivity index (χ2v) is 5.92. The van der Waals surface area contributed by atoms with Crippen LogP contribution in [0.4, 0.5) is 0 Å². The fourth-order valence-electron chi connectivity index (χ4n) is 2.09. The van der Waals surface area contributed by atoms with Crippen LogP contribution < -0.4 is 16.2 Å². The zero-order chi connectivity index (χ0) is 17.9. The molecule has 1 heterocycles. The van der Waals surface area contributed by atoms with E-state index in [-0.39, 0.29) is 12.3 Å². The lowest BCUT2D eigenvalue weighted by Crippen LogP contribution is -2.47. The van der Waals surface area contributed by atoms with Gasteiger partial charge in [0.1, 0.15) is 0 Å². The molecule has 3 N–H and O–H groups in total. The number of hydrazine groups is 1. The van der Waals surface area contributed by atoms with Gasteiger partial charge in [0.25, 0.3) is 0 Å². The van der Waals surface area contributed by atoms with E-state index in [4.69, 9.17) is 16.7 Å². The molecule has 1 aromatic carbocycles. The van der Waals surface area contributed by atoms with Crippen LogP contribution in [0.1, 0.15) is 38.5 Å². The van der Waals surface area contributed by atoms with Crippen LogP contribution in [0.15, 0.2) is 34.9 Å². The predicted octanol–water partition coefficient (Wildman–Crippen LogP) is 2.35. The van der Waals surface area contributed by atoms with Crippen molar-refractivity contribution in [3.63, 3.8) is 0 Å². The molecule has 2 aromatic rings. The van der Waals surface area contributed by atoms with Crippen molar-refractivity contribution in [1.82, 2.24) is 26.3 Å². The molecule has 2 rings (SSSR count). The van der Waals surface area contributed by atoms with Gasteiger partial charge in [-0.05, 0) is 18.6 Å². The van der Waals surface area contributed by atoms with Gasteiger partial charge in [0.15, 0.2) is 5.11 Å². The van der Waals surface area contributed by atoms with E-state index in [1.54, 1.807) is 0 Å². The Balaban J connectivity index is 1.67. The minimum Gasteiger partial charge on any atom is -0.361 e. The molecule has 7 nitrogen and oxygen atoms in total. The monoisotopic (exact) mass is 361 g/mol. The van der Waals surface area contributed by atoms with Crippen LogP contribution in [-0.4, -0.2) is 27.7 Å². The van der Waals surface area contributed by atoms with Gasteiger partial charge in [0.05, 0.1) is 0 Å². The lowest BCUT2D eigenvalue weighted by molar-refractivity contribution is -0.121. The van der Waals surface area contributed by atoms with E-state index in [2.05, 4.69) is 33.2 Å². The van der Waals surface area contributed by atoms with Crippen LogP contribution in [0.3, 0.4) is 0 Å². The molecule has 0 saturated heterocycles. The summed E-state index contributed by atoms with van der Waals surface area (Å²) >= 11 is 5.08. The summed E-state index contributed by atoms with van der Waals surface area (Å²) in [6, 6.07) is 9.54. The van der Waals surface area contributed by atoms with Gasteiger partial charge in [0, 0.05) is 24.9 Å². The zero-order valence-electron chi connectivity index (χ0n) is 14.2. The van der Waals surface area contributed by atoms with Crippen LogP contribution in [0.25, 0.3) is 11.4 Å². The standard InChI is InChI=1S/C17H23N5O2S/c1-2-3-7-12-18-17(25)21-20-14(23)10-11-15-19-16(22-24-15)13-8-5-4-6-9-13/h4-6,8-9H,2-3,7,10-12H2,1H3,(H,20,23)(H2,18,21,25). The number of aryl methyl sites for hydroxylation is 1. The maximum absolute atomic E-state index is 11.8. The quantitative estimate of drug-likeness (QED) is 0.378. The molecule has 0 aliphatic heterocycles. The van der Waals surface area contributed by atoms with E-state index >= 15 is 0 Å². The number of aromatic nitrogens is 2. The van der Waals surface area contributed by atoms with E-state index in [9.17, 15) is 4.79 Å². The molecule has 0 fully saturated rings. The van der Waals surface area contributed by atoms with Gasteiger partial charge in [0.2, 0.25) is 17.6 Å². The molecule has 25 heavy (non-hydrogen) atoms. The lowest BCUT2D eigenvalue weighted by Gasteiger charge is -2.10. The Morgan fingerprint density at radius 2 is 2.00 bits per heavy atom. The van der Waals surface area contributed by atoms with Gasteiger partial charge in [-0.25, -0.2) is 0 Å². The molecule has 0 aliphatic rings. The van der Waals surface area contributed by atoms with Gasteiger partial charge in [-0.15, -0.1) is 0 Å². The first-order valence-corrected chi connectivity index (χ1v) is 8.80.